The Balaban J connectivity index is 0.000000641. The Bertz CT molecular complexity index is 1290. The Hall–Kier alpha value is -4.15. The zero-order valence-corrected chi connectivity index (χ0v) is 23.9. The Morgan fingerprint density at radius 1 is 0.744 bits per heavy atom. The third-order valence-corrected chi connectivity index (χ3v) is 8.02. The number of rotatable bonds is 8. The largest absolute Gasteiger partial charge is 0.473 e. The van der Waals surface area contributed by atoms with Gasteiger partial charge in [0, 0.05) is 45.7 Å². The molecule has 10 heteroatoms. The van der Waals surface area contributed by atoms with Crippen molar-refractivity contribution in [1.82, 2.24) is 14.7 Å². The van der Waals surface area contributed by atoms with E-state index in [4.69, 9.17) is 19.8 Å². The summed E-state index contributed by atoms with van der Waals surface area (Å²) in [7, 11) is 0. The van der Waals surface area contributed by atoms with Gasteiger partial charge < -0.3 is 20.0 Å². The smallest absolute Gasteiger partial charge is 0.414 e. The number of amides is 1. The van der Waals surface area contributed by atoms with Gasteiger partial charge in [-0.3, -0.25) is 9.69 Å². The molecule has 2 heterocycles. The summed E-state index contributed by atoms with van der Waals surface area (Å²) in [6.07, 6.45) is 2.61. The first-order valence-electron chi connectivity index (χ1n) is 14.5. The van der Waals surface area contributed by atoms with E-state index in [0.29, 0.717) is 12.3 Å². The Labute approximate surface area is 250 Å². The van der Waals surface area contributed by atoms with Crippen LogP contribution in [0.15, 0.2) is 78.9 Å². The third-order valence-electron chi connectivity index (χ3n) is 8.02. The van der Waals surface area contributed by atoms with Gasteiger partial charge in [-0.25, -0.2) is 18.4 Å². The molecule has 0 radical (unpaired) electrons. The van der Waals surface area contributed by atoms with E-state index in [0.717, 1.165) is 69.8 Å². The van der Waals surface area contributed by atoms with Crippen LogP contribution in [-0.4, -0.2) is 88.6 Å². The van der Waals surface area contributed by atoms with Crippen molar-refractivity contribution in [3.63, 3.8) is 0 Å². The van der Waals surface area contributed by atoms with E-state index >= 15 is 0 Å². The second-order valence-electron chi connectivity index (χ2n) is 10.8. The van der Waals surface area contributed by atoms with Crippen molar-refractivity contribution in [2.45, 2.75) is 31.2 Å². The number of carbonyl (C=O) groups excluding carboxylic acids is 1. The molecule has 1 unspecified atom stereocenters. The summed E-state index contributed by atoms with van der Waals surface area (Å²) in [5.41, 5.74) is 3.30. The molecular formula is C33H37F2N3O5. The van der Waals surface area contributed by atoms with Crippen molar-refractivity contribution in [2.24, 2.45) is 0 Å². The summed E-state index contributed by atoms with van der Waals surface area (Å²) >= 11 is 0. The number of likely N-dealkylation sites (tertiary alicyclic amines) is 1. The van der Waals surface area contributed by atoms with Crippen molar-refractivity contribution >= 4 is 17.8 Å². The van der Waals surface area contributed by atoms with Gasteiger partial charge in [0.25, 0.3) is 0 Å². The van der Waals surface area contributed by atoms with E-state index < -0.39 is 11.9 Å². The molecule has 228 valence electrons. The van der Waals surface area contributed by atoms with Crippen molar-refractivity contribution in [2.75, 3.05) is 45.8 Å². The van der Waals surface area contributed by atoms with Gasteiger partial charge in [0.1, 0.15) is 11.6 Å². The maximum absolute atomic E-state index is 13.6. The number of aliphatic carboxylic acids is 2. The summed E-state index contributed by atoms with van der Waals surface area (Å²) < 4.78 is 27.2. The molecule has 3 aromatic rings. The van der Waals surface area contributed by atoms with Crippen LogP contribution >= 0.6 is 0 Å². The summed E-state index contributed by atoms with van der Waals surface area (Å²) in [6.45, 7) is 6.24. The van der Waals surface area contributed by atoms with E-state index in [9.17, 15) is 13.6 Å². The van der Waals surface area contributed by atoms with Gasteiger partial charge in [0.2, 0.25) is 5.91 Å². The van der Waals surface area contributed by atoms with Crippen LogP contribution in [0.5, 0.6) is 0 Å². The normalized spacial score (nSPS) is 17.8. The van der Waals surface area contributed by atoms with Gasteiger partial charge >= 0.3 is 11.9 Å². The molecule has 1 amide bonds. The van der Waals surface area contributed by atoms with Gasteiger partial charge in [0.15, 0.2) is 0 Å². The minimum Gasteiger partial charge on any atom is -0.473 e. The van der Waals surface area contributed by atoms with E-state index in [1.54, 1.807) is 0 Å². The fraction of sp³-hybridized carbons (Fsp3) is 0.364. The zero-order chi connectivity index (χ0) is 30.8. The topological polar surface area (TPSA) is 101 Å². The molecule has 2 saturated heterocycles. The molecule has 0 bridgehead atoms. The number of benzene rings is 3. The minimum absolute atomic E-state index is 0.0353. The number of carboxylic acid groups (broad SMARTS) is 2. The molecule has 0 spiro atoms. The van der Waals surface area contributed by atoms with Gasteiger partial charge in [-0.05, 0) is 66.3 Å². The van der Waals surface area contributed by atoms with Gasteiger partial charge in [-0.2, -0.15) is 0 Å². The molecule has 0 saturated carbocycles. The number of halogens is 2. The van der Waals surface area contributed by atoms with E-state index in [1.807, 2.05) is 47.4 Å². The van der Waals surface area contributed by atoms with Crippen molar-refractivity contribution in [1.29, 1.82) is 0 Å². The number of hydrogen-bond donors (Lipinski definition) is 2. The van der Waals surface area contributed by atoms with Crippen molar-refractivity contribution in [3.8, 4) is 0 Å². The lowest BCUT2D eigenvalue weighted by atomic mass is 9.89. The average Bonchev–Trinajstić information content (AvgIpc) is 3.01. The molecule has 2 fully saturated rings. The number of piperidine rings is 1. The highest BCUT2D eigenvalue weighted by Crippen LogP contribution is 2.31. The molecule has 5 rings (SSSR count). The monoisotopic (exact) mass is 593 g/mol. The molecule has 8 nitrogen and oxygen atoms in total. The van der Waals surface area contributed by atoms with Crippen LogP contribution in [0.25, 0.3) is 0 Å². The standard InChI is InChI=1S/C31H35F2N3O.C2H2O4/c32-28-11-7-25(8-12-28)31(26-9-13-29(33)14-10-26)36-21-19-34(20-22-36)16-4-17-35-18-15-27(23-30(35)37)24-5-2-1-3-6-24;3-1(4)2(5)6/h1-3,5-14,27,31H,4,15-23H2;(H,3,4)(H,5,6). The molecular weight excluding hydrogens is 556 g/mol. The molecule has 1 atom stereocenters. The number of nitrogens with zero attached hydrogens (tertiary/aromatic N) is 3. The second kappa shape index (κ2) is 15.4. The molecule has 2 N–H and O–H groups in total. The summed E-state index contributed by atoms with van der Waals surface area (Å²) in [5, 5.41) is 14.8. The predicted molar refractivity (Wildman–Crippen MR) is 158 cm³/mol. The molecule has 3 aromatic carbocycles. The van der Waals surface area contributed by atoms with Crippen LogP contribution in [-0.2, 0) is 14.4 Å². The van der Waals surface area contributed by atoms with Crippen LogP contribution in [0.3, 0.4) is 0 Å². The number of hydrogen-bond acceptors (Lipinski definition) is 5. The van der Waals surface area contributed by atoms with E-state index in [-0.39, 0.29) is 23.6 Å². The fourth-order valence-electron chi connectivity index (χ4n) is 5.76. The quantitative estimate of drug-likeness (QED) is 0.368. The first-order valence-corrected chi connectivity index (χ1v) is 14.5. The van der Waals surface area contributed by atoms with Crippen LogP contribution in [0.2, 0.25) is 0 Å². The molecule has 2 aliphatic heterocycles. The lowest BCUT2D eigenvalue weighted by Crippen LogP contribution is -2.48. The van der Waals surface area contributed by atoms with Gasteiger partial charge in [-0.15, -0.1) is 0 Å². The first-order chi connectivity index (χ1) is 20.7. The maximum Gasteiger partial charge on any atom is 0.414 e. The lowest BCUT2D eigenvalue weighted by Gasteiger charge is -2.40. The fourth-order valence-corrected chi connectivity index (χ4v) is 5.76. The van der Waals surface area contributed by atoms with Crippen LogP contribution < -0.4 is 0 Å². The molecule has 43 heavy (non-hydrogen) atoms. The van der Waals surface area contributed by atoms with Gasteiger partial charge in [0.05, 0.1) is 6.04 Å². The zero-order valence-electron chi connectivity index (χ0n) is 23.9. The van der Waals surface area contributed by atoms with Crippen LogP contribution in [0.1, 0.15) is 47.9 Å². The lowest BCUT2D eigenvalue weighted by molar-refractivity contribution is -0.159. The Morgan fingerprint density at radius 3 is 1.77 bits per heavy atom. The summed E-state index contributed by atoms with van der Waals surface area (Å²) in [5.74, 6) is -3.55. The molecule has 0 aromatic heterocycles. The van der Waals surface area contributed by atoms with E-state index in [2.05, 4.69) is 21.9 Å². The Morgan fingerprint density at radius 2 is 1.28 bits per heavy atom. The van der Waals surface area contributed by atoms with Crippen molar-refractivity contribution in [3.05, 3.63) is 107 Å². The highest BCUT2D eigenvalue weighted by molar-refractivity contribution is 6.27. The van der Waals surface area contributed by atoms with Gasteiger partial charge in [-0.1, -0.05) is 54.6 Å². The molecule has 0 aliphatic carbocycles. The summed E-state index contributed by atoms with van der Waals surface area (Å²) in [6, 6.07) is 23.6. The first kappa shape index (κ1) is 31.8. The highest BCUT2D eigenvalue weighted by Gasteiger charge is 2.28. The average molecular weight is 594 g/mol. The summed E-state index contributed by atoms with van der Waals surface area (Å²) in [4.78, 5) is 37.8. The third kappa shape index (κ3) is 9.17. The SMILES string of the molecule is O=C(O)C(=O)O.O=C1CC(c2ccccc2)CCN1CCCN1CCN(C(c2ccc(F)cc2)c2ccc(F)cc2)CC1. The Kier molecular flexibility index (Phi) is 11.4. The predicted octanol–water partition coefficient (Wildman–Crippen LogP) is 4.62. The number of carboxylic acids is 2. The minimum atomic E-state index is -1.82. The maximum atomic E-state index is 13.6. The van der Waals surface area contributed by atoms with Crippen LogP contribution in [0.4, 0.5) is 8.78 Å². The number of piperazine rings is 1. The second-order valence-corrected chi connectivity index (χ2v) is 10.8. The van der Waals surface area contributed by atoms with Crippen LogP contribution in [0, 0.1) is 11.6 Å². The molecule has 2 aliphatic rings. The number of carbonyl (C=O) groups is 3. The van der Waals surface area contributed by atoms with E-state index in [1.165, 1.54) is 29.8 Å². The highest BCUT2D eigenvalue weighted by atomic mass is 19.1. The van der Waals surface area contributed by atoms with Crippen molar-refractivity contribution < 1.29 is 33.4 Å².